The van der Waals surface area contributed by atoms with E-state index in [1.54, 1.807) is 16.9 Å². The van der Waals surface area contributed by atoms with Gasteiger partial charge < -0.3 is 9.47 Å². The second kappa shape index (κ2) is 7.17. The molecule has 0 atom stereocenters. The highest BCUT2D eigenvalue weighted by Gasteiger charge is 2.16. The van der Waals surface area contributed by atoms with Gasteiger partial charge in [-0.2, -0.15) is 0 Å². The second-order valence-corrected chi connectivity index (χ2v) is 5.19. The molecule has 7 heteroatoms. The van der Waals surface area contributed by atoms with Gasteiger partial charge >= 0.3 is 0 Å². The predicted octanol–water partition coefficient (Wildman–Crippen LogP) is 3.75. The van der Waals surface area contributed by atoms with Crippen LogP contribution < -0.4 is 0 Å². The second-order valence-electron chi connectivity index (χ2n) is 3.93. The lowest BCUT2D eigenvalue weighted by atomic mass is 10.3. The molecule has 0 unspecified atom stereocenters. The van der Waals surface area contributed by atoms with Gasteiger partial charge in [0.1, 0.15) is 5.69 Å². The molecule has 0 saturated heterocycles. The standard InChI is InChI=1S/C13H15BrClN3O2/c1-3-19-13(20-4-2)12-8-18(17-16-12)9-5-6-10(14)11(15)7-9/h5-8,13H,3-4H2,1-2H3. The SMILES string of the molecule is CCOC(OCC)c1cn(-c2ccc(Br)c(Cl)c2)nn1. The Morgan fingerprint density at radius 1 is 1.30 bits per heavy atom. The minimum atomic E-state index is -0.496. The highest BCUT2D eigenvalue weighted by molar-refractivity contribution is 9.10. The van der Waals surface area contributed by atoms with Crippen LogP contribution in [0.25, 0.3) is 5.69 Å². The fourth-order valence-electron chi connectivity index (χ4n) is 1.66. The van der Waals surface area contributed by atoms with Crippen LogP contribution in [0.2, 0.25) is 5.02 Å². The van der Waals surface area contributed by atoms with Crippen LogP contribution in [0.3, 0.4) is 0 Å². The Labute approximate surface area is 131 Å². The molecule has 1 aromatic carbocycles. The first-order valence-corrected chi connectivity index (χ1v) is 7.43. The average Bonchev–Trinajstić information content (AvgIpc) is 2.91. The van der Waals surface area contributed by atoms with E-state index in [-0.39, 0.29) is 0 Å². The molecule has 0 aliphatic heterocycles. The van der Waals surface area contributed by atoms with Crippen LogP contribution >= 0.6 is 27.5 Å². The number of ether oxygens (including phenoxy) is 2. The van der Waals surface area contributed by atoms with E-state index in [4.69, 9.17) is 21.1 Å². The number of hydrogen-bond acceptors (Lipinski definition) is 4. The van der Waals surface area contributed by atoms with Gasteiger partial charge in [0.25, 0.3) is 0 Å². The number of rotatable bonds is 6. The monoisotopic (exact) mass is 359 g/mol. The molecule has 2 aromatic rings. The lowest BCUT2D eigenvalue weighted by Gasteiger charge is -2.13. The zero-order valence-corrected chi connectivity index (χ0v) is 13.6. The Bertz CT molecular complexity index is 570. The molecule has 1 aromatic heterocycles. The molecule has 0 N–H and O–H groups in total. The maximum atomic E-state index is 6.07. The molecule has 0 aliphatic carbocycles. The lowest BCUT2D eigenvalue weighted by Crippen LogP contribution is -2.09. The van der Waals surface area contributed by atoms with Crippen molar-refractivity contribution in [3.05, 3.63) is 39.6 Å². The molecule has 0 fully saturated rings. The third kappa shape index (κ3) is 3.58. The van der Waals surface area contributed by atoms with Gasteiger partial charge in [0.05, 0.1) is 16.9 Å². The van der Waals surface area contributed by atoms with Crippen LogP contribution in [0.4, 0.5) is 0 Å². The molecule has 0 saturated carbocycles. The molecule has 20 heavy (non-hydrogen) atoms. The van der Waals surface area contributed by atoms with Gasteiger partial charge in [-0.1, -0.05) is 16.8 Å². The number of nitrogens with zero attached hydrogens (tertiary/aromatic N) is 3. The highest BCUT2D eigenvalue weighted by Crippen LogP contribution is 2.25. The highest BCUT2D eigenvalue weighted by atomic mass is 79.9. The van der Waals surface area contributed by atoms with Gasteiger partial charge in [-0.3, -0.25) is 0 Å². The molecule has 1 heterocycles. The molecule has 0 radical (unpaired) electrons. The first kappa shape index (κ1) is 15.4. The van der Waals surface area contributed by atoms with Crippen molar-refractivity contribution in [1.29, 1.82) is 0 Å². The summed E-state index contributed by atoms with van der Waals surface area (Å²) in [6.07, 6.45) is 1.28. The van der Waals surface area contributed by atoms with Gasteiger partial charge in [-0.15, -0.1) is 5.10 Å². The van der Waals surface area contributed by atoms with Gasteiger partial charge in [-0.25, -0.2) is 4.68 Å². The van der Waals surface area contributed by atoms with Crippen LogP contribution in [0.1, 0.15) is 25.8 Å². The Morgan fingerprint density at radius 3 is 2.60 bits per heavy atom. The van der Waals surface area contributed by atoms with Crippen molar-refractivity contribution in [2.75, 3.05) is 13.2 Å². The molecule has 5 nitrogen and oxygen atoms in total. The van der Waals surface area contributed by atoms with Crippen molar-refractivity contribution in [3.63, 3.8) is 0 Å². The van der Waals surface area contributed by atoms with Crippen molar-refractivity contribution in [2.24, 2.45) is 0 Å². The Kier molecular flexibility index (Phi) is 5.54. The van der Waals surface area contributed by atoms with Gasteiger partial charge in [0.15, 0.2) is 0 Å². The van der Waals surface area contributed by atoms with E-state index in [0.29, 0.717) is 23.9 Å². The van der Waals surface area contributed by atoms with E-state index >= 15 is 0 Å². The van der Waals surface area contributed by atoms with Crippen LogP contribution in [-0.4, -0.2) is 28.2 Å². The summed E-state index contributed by atoms with van der Waals surface area (Å²) in [6.45, 7) is 4.90. The first-order valence-electron chi connectivity index (χ1n) is 6.26. The molecular formula is C13H15BrClN3O2. The van der Waals surface area contributed by atoms with Crippen molar-refractivity contribution >= 4 is 27.5 Å². The number of halogens is 2. The molecule has 0 spiro atoms. The molecule has 0 amide bonds. The van der Waals surface area contributed by atoms with Crippen LogP contribution in [0.5, 0.6) is 0 Å². The van der Waals surface area contributed by atoms with Gasteiger partial charge in [-0.05, 0) is 48.0 Å². The summed E-state index contributed by atoms with van der Waals surface area (Å²) in [5, 5.41) is 8.78. The fourth-order valence-corrected chi connectivity index (χ4v) is 2.08. The topological polar surface area (TPSA) is 49.2 Å². The van der Waals surface area contributed by atoms with Crippen LogP contribution in [0, 0.1) is 0 Å². The minimum absolute atomic E-state index is 0.496. The third-order valence-electron chi connectivity index (χ3n) is 2.56. The van der Waals surface area contributed by atoms with Crippen molar-refractivity contribution in [1.82, 2.24) is 15.0 Å². The lowest BCUT2D eigenvalue weighted by molar-refractivity contribution is -0.142. The number of hydrogen-bond donors (Lipinski definition) is 0. The molecule has 108 valence electrons. The summed E-state index contributed by atoms with van der Waals surface area (Å²) >= 11 is 9.43. The zero-order valence-electron chi connectivity index (χ0n) is 11.2. The van der Waals surface area contributed by atoms with E-state index in [1.165, 1.54) is 0 Å². The first-order chi connectivity index (χ1) is 9.65. The van der Waals surface area contributed by atoms with E-state index < -0.39 is 6.29 Å². The Balaban J connectivity index is 2.24. The normalized spacial score (nSPS) is 11.2. The average molecular weight is 361 g/mol. The number of aromatic nitrogens is 3. The summed E-state index contributed by atoms with van der Waals surface area (Å²) in [6, 6.07) is 5.56. The summed E-state index contributed by atoms with van der Waals surface area (Å²) < 4.78 is 13.5. The maximum Gasteiger partial charge on any atom is 0.204 e. The van der Waals surface area contributed by atoms with Crippen molar-refractivity contribution < 1.29 is 9.47 Å². The fraction of sp³-hybridized carbons (Fsp3) is 0.385. The Morgan fingerprint density at radius 2 is 2.00 bits per heavy atom. The van der Waals surface area contributed by atoms with E-state index in [2.05, 4.69) is 26.2 Å². The summed E-state index contributed by atoms with van der Waals surface area (Å²) in [4.78, 5) is 0. The third-order valence-corrected chi connectivity index (χ3v) is 3.79. The summed E-state index contributed by atoms with van der Waals surface area (Å²) in [5.41, 5.74) is 1.46. The van der Waals surface area contributed by atoms with Gasteiger partial charge in [0, 0.05) is 17.7 Å². The minimum Gasteiger partial charge on any atom is -0.347 e. The zero-order chi connectivity index (χ0) is 14.5. The van der Waals surface area contributed by atoms with E-state index in [1.807, 2.05) is 26.0 Å². The van der Waals surface area contributed by atoms with Crippen molar-refractivity contribution in [3.8, 4) is 5.69 Å². The van der Waals surface area contributed by atoms with E-state index in [9.17, 15) is 0 Å². The molecular weight excluding hydrogens is 346 g/mol. The number of benzene rings is 1. The van der Waals surface area contributed by atoms with Gasteiger partial charge in [0.2, 0.25) is 6.29 Å². The van der Waals surface area contributed by atoms with Crippen molar-refractivity contribution in [2.45, 2.75) is 20.1 Å². The van der Waals surface area contributed by atoms with Crippen LogP contribution in [0.15, 0.2) is 28.9 Å². The maximum absolute atomic E-state index is 6.07. The quantitative estimate of drug-likeness (QED) is 0.736. The smallest absolute Gasteiger partial charge is 0.204 e. The summed E-state index contributed by atoms with van der Waals surface area (Å²) in [7, 11) is 0. The predicted molar refractivity (Wildman–Crippen MR) is 80.1 cm³/mol. The molecule has 0 bridgehead atoms. The summed E-state index contributed by atoms with van der Waals surface area (Å²) in [5.74, 6) is 0. The van der Waals surface area contributed by atoms with E-state index in [0.717, 1.165) is 10.2 Å². The van der Waals surface area contributed by atoms with Crippen LogP contribution in [-0.2, 0) is 9.47 Å². The Hall–Kier alpha value is -0.950. The molecule has 0 aliphatic rings. The largest absolute Gasteiger partial charge is 0.347 e. The molecule has 2 rings (SSSR count).